The molecular weight excluding hydrogens is 356 g/mol. The maximum atomic E-state index is 14.1. The van der Waals surface area contributed by atoms with E-state index in [1.165, 1.54) is 13.0 Å². The van der Waals surface area contributed by atoms with Crippen LogP contribution < -0.4 is 4.72 Å². The number of halogens is 2. The molecule has 0 fully saturated rings. The van der Waals surface area contributed by atoms with Crippen LogP contribution in [0, 0.1) is 11.6 Å². The Morgan fingerprint density at radius 2 is 2.00 bits per heavy atom. The molecule has 2 N–H and O–H groups in total. The number of benzene rings is 1. The summed E-state index contributed by atoms with van der Waals surface area (Å²) in [4.78, 5) is 22.0. The number of allylic oxidation sites excluding steroid dienone is 1. The van der Waals surface area contributed by atoms with Crippen LogP contribution in [0.25, 0.3) is 0 Å². The van der Waals surface area contributed by atoms with Crippen LogP contribution in [0.5, 0.6) is 0 Å². The monoisotopic (exact) mass is 373 g/mol. The van der Waals surface area contributed by atoms with E-state index in [1.807, 2.05) is 0 Å². The topological polar surface area (TPSA) is 92.7 Å². The number of nitrogens with one attached hydrogen (secondary N) is 1. The zero-order valence-corrected chi connectivity index (χ0v) is 14.2. The zero-order valence-electron chi connectivity index (χ0n) is 13.4. The first-order valence-corrected chi connectivity index (χ1v) is 8.72. The summed E-state index contributed by atoms with van der Waals surface area (Å²) >= 11 is 0. The van der Waals surface area contributed by atoms with Gasteiger partial charge in [0.05, 0.1) is 10.8 Å². The molecule has 0 saturated carbocycles. The second-order valence-electron chi connectivity index (χ2n) is 5.50. The maximum Gasteiger partial charge on any atom is 0.332 e. The molecule has 0 heterocycles. The molecule has 2 unspecified atom stereocenters. The fourth-order valence-corrected chi connectivity index (χ4v) is 3.81. The Labute approximate surface area is 145 Å². The first-order chi connectivity index (χ1) is 11.8. The van der Waals surface area contributed by atoms with Crippen molar-refractivity contribution in [3.8, 4) is 0 Å². The summed E-state index contributed by atoms with van der Waals surface area (Å²) in [6.45, 7) is 0.880. The molecule has 0 bridgehead atoms. The van der Waals surface area contributed by atoms with Crippen LogP contribution in [0.4, 0.5) is 14.5 Å². The van der Waals surface area contributed by atoms with Crippen molar-refractivity contribution < 1.29 is 32.4 Å². The van der Waals surface area contributed by atoms with Gasteiger partial charge in [0.2, 0.25) is 0 Å². The zero-order chi connectivity index (χ0) is 18.6. The highest BCUT2D eigenvalue weighted by Crippen LogP contribution is 2.27. The average molecular weight is 373 g/mol. The van der Waals surface area contributed by atoms with Crippen LogP contribution in [0.3, 0.4) is 0 Å². The molecule has 0 radical (unpaired) electrons. The molecule has 0 aromatic heterocycles. The number of carboxylic acid groups (broad SMARTS) is 1. The van der Waals surface area contributed by atoms with Crippen LogP contribution in [0.1, 0.15) is 31.7 Å². The van der Waals surface area contributed by atoms with Crippen molar-refractivity contribution in [3.05, 3.63) is 41.0 Å². The van der Waals surface area contributed by atoms with E-state index in [0.717, 1.165) is 12.1 Å². The van der Waals surface area contributed by atoms with Gasteiger partial charge < -0.3 is 9.84 Å². The van der Waals surface area contributed by atoms with Gasteiger partial charge in [-0.3, -0.25) is 9.52 Å². The number of rotatable bonds is 6. The molecule has 1 aromatic carbocycles. The Balaban J connectivity index is 2.18. The number of hydrogen-bond donors (Lipinski definition) is 2. The van der Waals surface area contributed by atoms with Crippen LogP contribution in [0.15, 0.2) is 23.8 Å². The van der Waals surface area contributed by atoms with Crippen molar-refractivity contribution >= 4 is 28.6 Å². The molecule has 0 aliphatic heterocycles. The summed E-state index contributed by atoms with van der Waals surface area (Å²) in [5, 5.41) is 8.30. The predicted molar refractivity (Wildman–Crippen MR) is 87.0 cm³/mol. The average Bonchev–Trinajstić information content (AvgIpc) is 2.56. The van der Waals surface area contributed by atoms with Crippen LogP contribution >= 0.6 is 0 Å². The molecule has 25 heavy (non-hydrogen) atoms. The van der Waals surface area contributed by atoms with E-state index in [0.29, 0.717) is 19.3 Å². The first-order valence-electron chi connectivity index (χ1n) is 7.51. The third kappa shape index (κ3) is 4.85. The number of carbonyl (C=O) groups is 2. The van der Waals surface area contributed by atoms with Gasteiger partial charge in [-0.2, -0.15) is 0 Å². The first kappa shape index (κ1) is 19.0. The standard InChI is InChI=1S/C16H17F2NO5S/c1-9(20)24-8-10-6-12(17)15(13(18)7-10)19-25(23)14-5-3-2-4-11(14)16(21)22/h4,6-7,14,19H,2-3,5,8H2,1H3,(H,21,22). The van der Waals surface area contributed by atoms with Gasteiger partial charge >= 0.3 is 11.9 Å². The Bertz CT molecular complexity index is 727. The fraction of sp³-hybridized carbons (Fsp3) is 0.375. The van der Waals surface area contributed by atoms with Gasteiger partial charge in [-0.25, -0.2) is 17.8 Å². The minimum atomic E-state index is -2.01. The van der Waals surface area contributed by atoms with E-state index in [2.05, 4.69) is 9.46 Å². The van der Waals surface area contributed by atoms with E-state index in [-0.39, 0.29) is 17.7 Å². The number of ether oxygens (including phenoxy) is 1. The van der Waals surface area contributed by atoms with Crippen LogP contribution in [-0.2, 0) is 31.9 Å². The molecule has 6 nitrogen and oxygen atoms in total. The third-order valence-corrected chi connectivity index (χ3v) is 5.05. The Hall–Kier alpha value is -2.29. The largest absolute Gasteiger partial charge is 0.478 e. The molecule has 2 rings (SSSR count). The summed E-state index contributed by atoms with van der Waals surface area (Å²) in [6, 6.07) is 1.92. The second kappa shape index (κ2) is 8.19. The molecule has 136 valence electrons. The lowest BCUT2D eigenvalue weighted by Gasteiger charge is -2.22. The minimum Gasteiger partial charge on any atom is -0.478 e. The van der Waals surface area contributed by atoms with Gasteiger partial charge in [0.1, 0.15) is 23.3 Å². The summed E-state index contributed by atoms with van der Waals surface area (Å²) in [5.74, 6) is -3.80. The number of carboxylic acids is 1. The van der Waals surface area contributed by atoms with E-state index in [4.69, 9.17) is 5.11 Å². The van der Waals surface area contributed by atoms with E-state index in [9.17, 15) is 22.6 Å². The lowest BCUT2D eigenvalue weighted by molar-refractivity contribution is -0.142. The molecule has 0 saturated heterocycles. The molecule has 1 aromatic rings. The van der Waals surface area contributed by atoms with Gasteiger partial charge in [0.15, 0.2) is 11.6 Å². The third-order valence-electron chi connectivity index (χ3n) is 3.63. The van der Waals surface area contributed by atoms with Crippen LogP contribution in [-0.4, -0.2) is 26.5 Å². The lowest BCUT2D eigenvalue weighted by Crippen LogP contribution is -2.29. The van der Waals surface area contributed by atoms with Crippen molar-refractivity contribution in [2.45, 2.75) is 38.0 Å². The van der Waals surface area contributed by atoms with Gasteiger partial charge in [-0.15, -0.1) is 0 Å². The number of esters is 1. The predicted octanol–water partition coefficient (Wildman–Crippen LogP) is 2.67. The highest BCUT2D eigenvalue weighted by atomic mass is 32.2. The van der Waals surface area contributed by atoms with Crippen molar-refractivity contribution in [2.75, 3.05) is 4.72 Å². The normalized spacial score (nSPS) is 18.2. The van der Waals surface area contributed by atoms with Crippen molar-refractivity contribution in [3.63, 3.8) is 0 Å². The highest BCUT2D eigenvalue weighted by molar-refractivity contribution is 7.87. The van der Waals surface area contributed by atoms with Crippen molar-refractivity contribution in [1.82, 2.24) is 0 Å². The molecular formula is C16H17F2NO5S. The lowest BCUT2D eigenvalue weighted by atomic mass is 9.99. The maximum absolute atomic E-state index is 14.1. The molecule has 9 heteroatoms. The van der Waals surface area contributed by atoms with E-state index < -0.39 is 45.5 Å². The molecule has 1 aliphatic rings. The van der Waals surface area contributed by atoms with Gasteiger partial charge in [-0.1, -0.05) is 6.08 Å². The fourth-order valence-electron chi connectivity index (χ4n) is 2.46. The van der Waals surface area contributed by atoms with E-state index >= 15 is 0 Å². The van der Waals surface area contributed by atoms with Gasteiger partial charge in [0.25, 0.3) is 0 Å². The summed E-state index contributed by atoms with van der Waals surface area (Å²) in [5.41, 5.74) is -0.532. The molecule has 1 aliphatic carbocycles. The highest BCUT2D eigenvalue weighted by Gasteiger charge is 2.29. The van der Waals surface area contributed by atoms with Crippen LogP contribution in [0.2, 0.25) is 0 Å². The number of carbonyl (C=O) groups excluding carboxylic acids is 1. The van der Waals surface area contributed by atoms with Crippen molar-refractivity contribution in [1.29, 1.82) is 0 Å². The molecule has 0 amide bonds. The minimum absolute atomic E-state index is 0.0237. The quantitative estimate of drug-likeness (QED) is 0.748. The summed E-state index contributed by atoms with van der Waals surface area (Å²) in [6.07, 6.45) is 3.01. The van der Waals surface area contributed by atoms with Crippen molar-refractivity contribution in [2.24, 2.45) is 0 Å². The molecule has 0 spiro atoms. The molecule has 2 atom stereocenters. The second-order valence-corrected chi connectivity index (χ2v) is 6.87. The SMILES string of the molecule is CC(=O)OCc1cc(F)c(NS(=O)C2CCCC=C2C(=O)O)c(F)c1. The number of anilines is 1. The van der Waals surface area contributed by atoms with E-state index in [1.54, 1.807) is 0 Å². The Morgan fingerprint density at radius 1 is 1.36 bits per heavy atom. The smallest absolute Gasteiger partial charge is 0.332 e. The summed E-state index contributed by atoms with van der Waals surface area (Å²) in [7, 11) is -2.01. The van der Waals surface area contributed by atoms with Gasteiger partial charge in [0, 0.05) is 6.92 Å². The Kier molecular flexibility index (Phi) is 6.24. The summed E-state index contributed by atoms with van der Waals surface area (Å²) < 4.78 is 47.5. The number of hydrogen-bond acceptors (Lipinski definition) is 4. The van der Waals surface area contributed by atoms with Gasteiger partial charge in [-0.05, 0) is 37.0 Å². The number of aliphatic carboxylic acids is 1. The Morgan fingerprint density at radius 3 is 2.56 bits per heavy atom.